The number of hydrogen-bond acceptors (Lipinski definition) is 8. The number of nitrogens with two attached hydrogens (primary N) is 1. The second-order valence-electron chi connectivity index (χ2n) is 9.01. The minimum absolute atomic E-state index is 0.223. The van der Waals surface area contributed by atoms with Gasteiger partial charge < -0.3 is 25.8 Å². The number of unbranched alkanes of at least 4 members (excludes halogenated alkanes) is 1. The van der Waals surface area contributed by atoms with Crippen LogP contribution in [0.15, 0.2) is 54.9 Å². The molecule has 0 radical (unpaired) electrons. The molecule has 1 unspecified atom stereocenters. The summed E-state index contributed by atoms with van der Waals surface area (Å²) in [5, 5.41) is 23.8. The highest BCUT2D eigenvalue weighted by Gasteiger charge is 2.20. The maximum Gasteiger partial charge on any atom is 0.249 e. The maximum absolute atomic E-state index is 12.5. The topological polar surface area (TPSA) is 155 Å². The molecule has 11 nitrogen and oxygen atoms in total. The molecular weight excluding hydrogens is 506 g/mol. The summed E-state index contributed by atoms with van der Waals surface area (Å²) in [7, 11) is 5.43. The minimum atomic E-state index is -0.594. The van der Waals surface area contributed by atoms with E-state index in [0.29, 0.717) is 48.8 Å². The van der Waals surface area contributed by atoms with Crippen molar-refractivity contribution in [1.82, 2.24) is 25.1 Å². The molecule has 40 heavy (non-hydrogen) atoms. The van der Waals surface area contributed by atoms with Crippen LogP contribution in [0.4, 0.5) is 17.5 Å². The van der Waals surface area contributed by atoms with E-state index in [4.69, 9.17) is 10.7 Å². The number of benzene rings is 1. The van der Waals surface area contributed by atoms with Gasteiger partial charge in [-0.3, -0.25) is 14.9 Å². The Bertz CT molecular complexity index is 1320. The number of likely N-dealkylation sites (N-methyl/N-ethyl adjacent to an activating group) is 2. The fourth-order valence-electron chi connectivity index (χ4n) is 3.18. The van der Waals surface area contributed by atoms with Gasteiger partial charge in [-0.15, -0.1) is 0 Å². The lowest BCUT2D eigenvalue weighted by molar-refractivity contribution is -0.500. The van der Waals surface area contributed by atoms with Crippen molar-refractivity contribution in [2.75, 3.05) is 39.5 Å². The third-order valence-electron chi connectivity index (χ3n) is 5.59. The molecule has 1 atom stereocenters. The van der Waals surface area contributed by atoms with E-state index >= 15 is 0 Å². The molecular formula is C29H36N9O2+. The molecule has 0 fully saturated rings. The van der Waals surface area contributed by atoms with Crippen LogP contribution in [0.2, 0.25) is 0 Å². The van der Waals surface area contributed by atoms with Gasteiger partial charge in [-0.25, -0.2) is 4.98 Å². The van der Waals surface area contributed by atoms with Gasteiger partial charge in [-0.1, -0.05) is 17.9 Å². The number of quaternary nitrogens is 1. The van der Waals surface area contributed by atoms with E-state index in [1.807, 2.05) is 19.0 Å². The van der Waals surface area contributed by atoms with Crippen molar-refractivity contribution in [2.24, 2.45) is 0 Å². The zero-order valence-corrected chi connectivity index (χ0v) is 23.3. The molecule has 208 valence electrons. The van der Waals surface area contributed by atoms with Crippen LogP contribution in [0.1, 0.15) is 30.9 Å². The summed E-state index contributed by atoms with van der Waals surface area (Å²) in [6, 6.07) is 8.43. The van der Waals surface area contributed by atoms with Crippen LogP contribution in [0.3, 0.4) is 0 Å². The fourth-order valence-corrected chi connectivity index (χ4v) is 3.18. The van der Waals surface area contributed by atoms with Crippen LogP contribution in [0, 0.1) is 28.6 Å². The average Bonchev–Trinajstić information content (AvgIpc) is 2.95. The zero-order valence-electron chi connectivity index (χ0n) is 23.3. The summed E-state index contributed by atoms with van der Waals surface area (Å²) < 4.78 is 0. The van der Waals surface area contributed by atoms with Crippen molar-refractivity contribution in [2.45, 2.75) is 25.8 Å². The maximum atomic E-state index is 12.5. The molecule has 0 aliphatic heterocycles. The summed E-state index contributed by atoms with van der Waals surface area (Å²) in [6.07, 6.45) is 10.5. The molecule has 5 N–H and O–H groups in total. The molecule has 1 aromatic heterocycles. The third-order valence-corrected chi connectivity index (χ3v) is 5.59. The van der Waals surface area contributed by atoms with Crippen molar-refractivity contribution in [1.29, 1.82) is 10.7 Å². The number of anilines is 2. The van der Waals surface area contributed by atoms with Crippen LogP contribution in [0.5, 0.6) is 0 Å². The molecule has 0 aliphatic carbocycles. The quantitative estimate of drug-likeness (QED) is 0.130. The van der Waals surface area contributed by atoms with Gasteiger partial charge in [-0.05, 0) is 51.7 Å². The van der Waals surface area contributed by atoms with Crippen molar-refractivity contribution >= 4 is 35.5 Å². The lowest BCUT2D eigenvalue weighted by Crippen LogP contribution is -2.72. The minimum Gasteiger partial charge on any atom is -0.354 e. The Morgan fingerprint density at radius 3 is 2.65 bits per heavy atom. The average molecular weight is 543 g/mol. The zero-order chi connectivity index (χ0) is 29.3. The van der Waals surface area contributed by atoms with Gasteiger partial charge in [-0.2, -0.15) is 10.2 Å². The predicted molar refractivity (Wildman–Crippen MR) is 155 cm³/mol. The first kappa shape index (κ1) is 31.4. The SMILES string of the molecule is CC(C(=O)NCCCC#Cc1cnc(Nc2ccc(C#N)cc2)nc1[NH2+]C=CC=N)N(C)C(=O)C=CCN(C)C. The smallest absolute Gasteiger partial charge is 0.249 e. The Labute approximate surface area is 235 Å². The number of rotatable bonds is 13. The van der Waals surface area contributed by atoms with E-state index in [0.717, 1.165) is 5.69 Å². The van der Waals surface area contributed by atoms with Crippen molar-refractivity contribution < 1.29 is 14.9 Å². The number of carbonyl (C=O) groups is 2. The van der Waals surface area contributed by atoms with Crippen molar-refractivity contribution in [3.8, 4) is 17.9 Å². The van der Waals surface area contributed by atoms with Crippen LogP contribution in [0.25, 0.3) is 0 Å². The normalized spacial score (nSPS) is 11.5. The summed E-state index contributed by atoms with van der Waals surface area (Å²) in [6.45, 7) is 2.77. The number of aromatic nitrogens is 2. The molecule has 2 rings (SSSR count). The fraction of sp³-hybridized carbons (Fsp3) is 0.310. The van der Waals surface area contributed by atoms with E-state index < -0.39 is 6.04 Å². The van der Waals surface area contributed by atoms with Crippen LogP contribution >= 0.6 is 0 Å². The summed E-state index contributed by atoms with van der Waals surface area (Å²) in [5.41, 5.74) is 1.93. The number of nitrogens with one attached hydrogen (secondary N) is 3. The Kier molecular flexibility index (Phi) is 13.2. The lowest BCUT2D eigenvalue weighted by Gasteiger charge is -2.23. The predicted octanol–water partition coefficient (Wildman–Crippen LogP) is 1.66. The molecule has 0 aliphatic rings. The van der Waals surface area contributed by atoms with Gasteiger partial charge >= 0.3 is 0 Å². The van der Waals surface area contributed by atoms with Gasteiger partial charge in [0.15, 0.2) is 0 Å². The number of amides is 2. The Morgan fingerprint density at radius 2 is 1.98 bits per heavy atom. The molecule has 0 bridgehead atoms. The summed E-state index contributed by atoms with van der Waals surface area (Å²) in [5.74, 6) is 6.69. The number of nitrogens with zero attached hydrogens (tertiary/aromatic N) is 5. The van der Waals surface area contributed by atoms with Crippen LogP contribution < -0.4 is 16.0 Å². The number of hydrogen-bond donors (Lipinski definition) is 4. The highest BCUT2D eigenvalue weighted by atomic mass is 16.2. The molecule has 0 spiro atoms. The molecule has 1 heterocycles. The Hall–Kier alpha value is -4.84. The summed E-state index contributed by atoms with van der Waals surface area (Å²) >= 11 is 0. The first-order valence-corrected chi connectivity index (χ1v) is 12.7. The first-order chi connectivity index (χ1) is 19.2. The van der Waals surface area contributed by atoms with Gasteiger partial charge in [0.05, 0.1) is 17.8 Å². The van der Waals surface area contributed by atoms with Gasteiger partial charge in [0.1, 0.15) is 17.8 Å². The van der Waals surface area contributed by atoms with Crippen molar-refractivity contribution in [3.05, 3.63) is 66.0 Å². The van der Waals surface area contributed by atoms with Gasteiger partial charge in [0.2, 0.25) is 23.6 Å². The van der Waals surface area contributed by atoms with Crippen LogP contribution in [-0.2, 0) is 9.59 Å². The van der Waals surface area contributed by atoms with Crippen molar-refractivity contribution in [3.63, 3.8) is 0 Å². The Morgan fingerprint density at radius 1 is 1.23 bits per heavy atom. The van der Waals surface area contributed by atoms with E-state index in [2.05, 4.69) is 38.5 Å². The Balaban J connectivity index is 1.92. The lowest BCUT2D eigenvalue weighted by atomic mass is 10.2. The number of allylic oxidation sites excluding steroid dienone is 1. The van der Waals surface area contributed by atoms with E-state index in [-0.39, 0.29) is 11.8 Å². The highest BCUT2D eigenvalue weighted by Crippen LogP contribution is 2.15. The van der Waals surface area contributed by atoms with Gasteiger partial charge in [0, 0.05) is 50.6 Å². The van der Waals surface area contributed by atoms with E-state index in [1.54, 1.807) is 68.1 Å². The summed E-state index contributed by atoms with van der Waals surface area (Å²) in [4.78, 5) is 36.9. The molecule has 1 aromatic carbocycles. The molecule has 11 heteroatoms. The van der Waals surface area contributed by atoms with Gasteiger partial charge in [0.25, 0.3) is 0 Å². The molecule has 2 aromatic rings. The van der Waals surface area contributed by atoms with E-state index in [9.17, 15) is 9.59 Å². The third kappa shape index (κ3) is 10.9. The monoisotopic (exact) mass is 542 g/mol. The largest absolute Gasteiger partial charge is 0.354 e. The van der Waals surface area contributed by atoms with E-state index in [1.165, 1.54) is 17.2 Å². The number of carbonyl (C=O) groups excluding carboxylic acids is 2. The molecule has 0 saturated heterocycles. The molecule has 2 amide bonds. The standard InChI is InChI=1S/C29H35N9O2/c1-22(38(4)26(39)11-8-19-37(2)3)28(40)33-17-7-5-6-10-24-21-34-29(36-27(24)32-18-9-16-30)35-25-14-12-23(20-31)13-15-25/h8-9,11-16,18,21-22,30H,5,7,17,19H2,1-4H3,(H,33,40)(H2,32,34,35,36)/p+1. The first-order valence-electron chi connectivity index (χ1n) is 12.7. The molecule has 0 saturated carbocycles. The second-order valence-corrected chi connectivity index (χ2v) is 9.01. The van der Waals surface area contributed by atoms with Crippen LogP contribution in [-0.4, -0.2) is 78.1 Å². The number of nitriles is 1. The second kappa shape index (κ2) is 16.9. The highest BCUT2D eigenvalue weighted by molar-refractivity contribution is 5.92.